The first kappa shape index (κ1) is 22.7. The minimum atomic E-state index is -4.50. The van der Waals surface area contributed by atoms with E-state index < -0.39 is 17.6 Å². The quantitative estimate of drug-likeness (QED) is 0.653. The predicted octanol–water partition coefficient (Wildman–Crippen LogP) is 4.45. The van der Waals surface area contributed by atoms with Crippen molar-refractivity contribution in [2.75, 3.05) is 37.5 Å². The number of nitrogens with one attached hydrogen (secondary N) is 2. The third-order valence-corrected chi connectivity index (χ3v) is 5.06. The second-order valence-electron chi connectivity index (χ2n) is 6.93. The van der Waals surface area contributed by atoms with Gasteiger partial charge in [0.15, 0.2) is 5.11 Å². The van der Waals surface area contributed by atoms with Gasteiger partial charge in [-0.3, -0.25) is 10.1 Å². The zero-order valence-corrected chi connectivity index (χ0v) is 17.8. The van der Waals surface area contributed by atoms with E-state index in [2.05, 4.69) is 10.6 Å². The van der Waals surface area contributed by atoms with E-state index in [9.17, 15) is 18.0 Å². The minimum absolute atomic E-state index is 0.119. The van der Waals surface area contributed by atoms with E-state index in [1.807, 2.05) is 4.90 Å². The summed E-state index contributed by atoms with van der Waals surface area (Å²) in [5.41, 5.74) is 0.212. The molecule has 1 aliphatic heterocycles. The first-order valence-electron chi connectivity index (χ1n) is 9.53. The smallest absolute Gasteiger partial charge is 0.416 e. The van der Waals surface area contributed by atoms with Gasteiger partial charge in [-0.1, -0.05) is 0 Å². The van der Waals surface area contributed by atoms with Crippen LogP contribution in [0.1, 0.15) is 28.8 Å². The number of amides is 1. The monoisotopic (exact) mass is 453 g/mol. The molecule has 10 heteroatoms. The van der Waals surface area contributed by atoms with E-state index in [0.717, 1.165) is 38.1 Å². The number of hydrogen-bond donors (Lipinski definition) is 2. The average molecular weight is 453 g/mol. The van der Waals surface area contributed by atoms with E-state index in [0.29, 0.717) is 17.2 Å². The van der Waals surface area contributed by atoms with Gasteiger partial charge in [0.25, 0.3) is 5.91 Å². The maximum atomic E-state index is 13.2. The number of anilines is 2. The molecule has 3 rings (SSSR count). The summed E-state index contributed by atoms with van der Waals surface area (Å²) in [5, 5.41) is 5.13. The topological polar surface area (TPSA) is 62.8 Å². The maximum Gasteiger partial charge on any atom is 0.416 e. The molecule has 0 aliphatic carbocycles. The van der Waals surface area contributed by atoms with Gasteiger partial charge in [-0.05, 0) is 55.4 Å². The highest BCUT2D eigenvalue weighted by Crippen LogP contribution is 2.36. The van der Waals surface area contributed by atoms with Crippen molar-refractivity contribution in [2.24, 2.45) is 0 Å². The molecule has 1 fully saturated rings. The molecule has 0 atom stereocenters. The summed E-state index contributed by atoms with van der Waals surface area (Å²) in [6, 6.07) is 8.08. The van der Waals surface area contributed by atoms with Gasteiger partial charge in [0.2, 0.25) is 0 Å². The Morgan fingerprint density at radius 1 is 1.03 bits per heavy atom. The number of carbonyl (C=O) groups excluding carboxylic acids is 1. The molecule has 2 aromatic rings. The average Bonchev–Trinajstić information content (AvgIpc) is 3.27. The number of thiocarbonyl (C=S) groups is 1. The number of benzene rings is 2. The Bertz CT molecular complexity index is 954. The highest BCUT2D eigenvalue weighted by Gasteiger charge is 2.32. The van der Waals surface area contributed by atoms with Crippen LogP contribution in [0.25, 0.3) is 0 Å². The normalized spacial score (nSPS) is 13.6. The van der Waals surface area contributed by atoms with Crippen LogP contribution in [-0.2, 0) is 6.18 Å². The summed E-state index contributed by atoms with van der Waals surface area (Å²) < 4.78 is 50.0. The largest absolute Gasteiger partial charge is 0.497 e. The van der Waals surface area contributed by atoms with Crippen molar-refractivity contribution in [1.82, 2.24) is 5.32 Å². The number of alkyl halides is 3. The summed E-state index contributed by atoms with van der Waals surface area (Å²) in [6.07, 6.45) is -2.58. The first-order chi connectivity index (χ1) is 14.7. The van der Waals surface area contributed by atoms with E-state index in [1.54, 1.807) is 6.07 Å². The number of rotatable bonds is 5. The van der Waals surface area contributed by atoms with Crippen molar-refractivity contribution in [2.45, 2.75) is 19.0 Å². The summed E-state index contributed by atoms with van der Waals surface area (Å²) in [6.45, 7) is 1.48. The Balaban J connectivity index is 1.81. The van der Waals surface area contributed by atoms with Crippen LogP contribution in [0.15, 0.2) is 36.4 Å². The number of halogens is 3. The van der Waals surface area contributed by atoms with Crippen LogP contribution < -0.4 is 25.0 Å². The molecule has 2 aromatic carbocycles. The van der Waals surface area contributed by atoms with Gasteiger partial charge in [0.1, 0.15) is 11.5 Å². The fourth-order valence-corrected chi connectivity index (χ4v) is 3.52. The molecular formula is C21H22F3N3O3S. The lowest BCUT2D eigenvalue weighted by molar-refractivity contribution is -0.137. The van der Waals surface area contributed by atoms with Gasteiger partial charge in [-0.2, -0.15) is 13.2 Å². The standard InChI is InChI=1S/C21H22F3N3O3S/c1-29-15-9-13(10-16(12-15)30-2)19(28)26-20(31)25-17-11-14(21(22,23)24)5-6-18(17)27-7-3-4-8-27/h5-6,9-12H,3-4,7-8H2,1-2H3,(H2,25,26,28,31). The molecule has 0 aromatic heterocycles. The van der Waals surface area contributed by atoms with E-state index in [1.165, 1.54) is 32.4 Å². The Morgan fingerprint density at radius 2 is 1.65 bits per heavy atom. The molecule has 0 bridgehead atoms. The van der Waals surface area contributed by atoms with Crippen LogP contribution in [-0.4, -0.2) is 38.3 Å². The molecule has 1 aliphatic rings. The van der Waals surface area contributed by atoms with Crippen molar-refractivity contribution in [1.29, 1.82) is 0 Å². The zero-order valence-electron chi connectivity index (χ0n) is 17.0. The van der Waals surface area contributed by atoms with Crippen LogP contribution in [0.3, 0.4) is 0 Å². The fourth-order valence-electron chi connectivity index (χ4n) is 3.31. The second-order valence-corrected chi connectivity index (χ2v) is 7.34. The summed E-state index contributed by atoms with van der Waals surface area (Å²) in [4.78, 5) is 14.6. The maximum absolute atomic E-state index is 13.2. The van der Waals surface area contributed by atoms with Gasteiger partial charge < -0.3 is 19.7 Å². The molecule has 0 radical (unpaired) electrons. The third kappa shape index (κ3) is 5.57. The SMILES string of the molecule is COc1cc(OC)cc(C(=O)NC(=S)Nc2cc(C(F)(F)F)ccc2N2CCCC2)c1. The molecule has 1 heterocycles. The molecule has 1 amide bonds. The summed E-state index contributed by atoms with van der Waals surface area (Å²) >= 11 is 5.20. The van der Waals surface area contributed by atoms with Crippen molar-refractivity contribution in [3.63, 3.8) is 0 Å². The lowest BCUT2D eigenvalue weighted by Gasteiger charge is -2.23. The van der Waals surface area contributed by atoms with Crippen LogP contribution in [0, 0.1) is 0 Å². The highest BCUT2D eigenvalue weighted by molar-refractivity contribution is 7.80. The van der Waals surface area contributed by atoms with Gasteiger partial charge in [0.05, 0.1) is 31.2 Å². The predicted molar refractivity (Wildman–Crippen MR) is 116 cm³/mol. The van der Waals surface area contributed by atoms with Crippen molar-refractivity contribution < 1.29 is 27.4 Å². The van der Waals surface area contributed by atoms with E-state index in [-0.39, 0.29) is 16.4 Å². The zero-order chi connectivity index (χ0) is 22.6. The Morgan fingerprint density at radius 3 is 2.19 bits per heavy atom. The molecule has 166 valence electrons. The third-order valence-electron chi connectivity index (χ3n) is 4.86. The van der Waals surface area contributed by atoms with Crippen LogP contribution in [0.4, 0.5) is 24.5 Å². The van der Waals surface area contributed by atoms with Crippen molar-refractivity contribution in [3.8, 4) is 11.5 Å². The Hall–Kier alpha value is -3.01. The van der Waals surface area contributed by atoms with E-state index in [4.69, 9.17) is 21.7 Å². The number of hydrogen-bond acceptors (Lipinski definition) is 5. The molecule has 31 heavy (non-hydrogen) atoms. The molecular weight excluding hydrogens is 431 g/mol. The molecule has 2 N–H and O–H groups in total. The number of methoxy groups -OCH3 is 2. The van der Waals surface area contributed by atoms with Crippen LogP contribution >= 0.6 is 12.2 Å². The highest BCUT2D eigenvalue weighted by atomic mass is 32.1. The molecule has 0 unspecified atom stereocenters. The van der Waals surface area contributed by atoms with Crippen LogP contribution in [0.5, 0.6) is 11.5 Å². The van der Waals surface area contributed by atoms with Gasteiger partial charge in [-0.25, -0.2) is 0 Å². The lowest BCUT2D eigenvalue weighted by atomic mass is 10.1. The van der Waals surface area contributed by atoms with E-state index >= 15 is 0 Å². The Kier molecular flexibility index (Phi) is 6.89. The number of carbonyl (C=O) groups is 1. The minimum Gasteiger partial charge on any atom is -0.497 e. The number of ether oxygens (including phenoxy) is 2. The van der Waals surface area contributed by atoms with Gasteiger partial charge >= 0.3 is 6.18 Å². The molecule has 1 saturated heterocycles. The van der Waals surface area contributed by atoms with Gasteiger partial charge in [-0.15, -0.1) is 0 Å². The molecule has 0 spiro atoms. The first-order valence-corrected chi connectivity index (χ1v) is 9.93. The lowest BCUT2D eigenvalue weighted by Crippen LogP contribution is -2.34. The summed E-state index contributed by atoms with van der Waals surface area (Å²) in [5.74, 6) is 0.277. The molecule has 6 nitrogen and oxygen atoms in total. The second kappa shape index (κ2) is 9.42. The van der Waals surface area contributed by atoms with Crippen molar-refractivity contribution in [3.05, 3.63) is 47.5 Å². The fraction of sp³-hybridized carbons (Fsp3) is 0.333. The summed E-state index contributed by atoms with van der Waals surface area (Å²) in [7, 11) is 2.91. The van der Waals surface area contributed by atoms with Crippen molar-refractivity contribution >= 4 is 34.6 Å². The Labute approximate surface area is 183 Å². The molecule has 0 saturated carbocycles. The van der Waals surface area contributed by atoms with Crippen LogP contribution in [0.2, 0.25) is 0 Å². The van der Waals surface area contributed by atoms with Gasteiger partial charge in [0, 0.05) is 24.7 Å². The number of nitrogens with zero attached hydrogens (tertiary/aromatic N) is 1.